The van der Waals surface area contributed by atoms with Crippen molar-refractivity contribution in [1.82, 2.24) is 10.6 Å². The average molecular weight is 282 g/mol. The van der Waals surface area contributed by atoms with Crippen molar-refractivity contribution in [3.63, 3.8) is 0 Å². The Kier molecular flexibility index (Phi) is 4.45. The zero-order chi connectivity index (χ0) is 13.9. The van der Waals surface area contributed by atoms with Crippen LogP contribution in [0.3, 0.4) is 0 Å². The number of amides is 1. The molecule has 104 valence electrons. The molecule has 1 aromatic rings. The Morgan fingerprint density at radius 3 is 3.00 bits per heavy atom. The van der Waals surface area contributed by atoms with Crippen LogP contribution in [0, 0.1) is 6.92 Å². The highest BCUT2D eigenvalue weighted by atomic mass is 35.5. The molecule has 0 bridgehead atoms. The molecule has 1 fully saturated rings. The van der Waals surface area contributed by atoms with Crippen LogP contribution in [0.5, 0.6) is 0 Å². The van der Waals surface area contributed by atoms with Crippen LogP contribution in [0.4, 0.5) is 5.69 Å². The fourth-order valence-corrected chi connectivity index (χ4v) is 2.36. The topological polar surface area (TPSA) is 53.2 Å². The fraction of sp³-hybridized carbons (Fsp3) is 0.500. The lowest BCUT2D eigenvalue weighted by molar-refractivity contribution is -0.115. The monoisotopic (exact) mass is 281 g/mol. The van der Waals surface area contributed by atoms with Gasteiger partial charge in [-0.3, -0.25) is 4.79 Å². The fourth-order valence-electron chi connectivity index (χ4n) is 2.18. The molecule has 1 unspecified atom stereocenters. The zero-order valence-corrected chi connectivity index (χ0v) is 12.1. The summed E-state index contributed by atoms with van der Waals surface area (Å²) in [4.78, 5) is 11.9. The Hall–Kier alpha value is -1.10. The molecular weight excluding hydrogens is 262 g/mol. The van der Waals surface area contributed by atoms with Gasteiger partial charge in [-0.25, -0.2) is 0 Å². The van der Waals surface area contributed by atoms with Crippen LogP contribution in [-0.4, -0.2) is 31.1 Å². The second-order valence-corrected chi connectivity index (χ2v) is 5.78. The van der Waals surface area contributed by atoms with E-state index in [1.807, 2.05) is 19.1 Å². The van der Waals surface area contributed by atoms with Gasteiger partial charge in [-0.1, -0.05) is 17.7 Å². The van der Waals surface area contributed by atoms with E-state index in [4.69, 9.17) is 11.6 Å². The van der Waals surface area contributed by atoms with Gasteiger partial charge < -0.3 is 16.0 Å². The zero-order valence-electron chi connectivity index (χ0n) is 11.3. The Morgan fingerprint density at radius 1 is 1.53 bits per heavy atom. The van der Waals surface area contributed by atoms with Gasteiger partial charge in [-0.05, 0) is 44.5 Å². The molecule has 0 aliphatic carbocycles. The summed E-state index contributed by atoms with van der Waals surface area (Å²) in [5, 5.41) is 10.1. The summed E-state index contributed by atoms with van der Waals surface area (Å²) in [7, 11) is 0. The van der Waals surface area contributed by atoms with Crippen molar-refractivity contribution in [3.05, 3.63) is 28.8 Å². The first-order chi connectivity index (χ1) is 8.98. The summed E-state index contributed by atoms with van der Waals surface area (Å²) in [6.45, 7) is 6.28. The summed E-state index contributed by atoms with van der Waals surface area (Å²) in [5.74, 6) is -0.0431. The third-order valence-corrected chi connectivity index (χ3v) is 3.75. The number of benzene rings is 1. The molecular formula is C14H20ClN3O. The highest BCUT2D eigenvalue weighted by Gasteiger charge is 2.28. The number of nitrogens with one attached hydrogen (secondary N) is 3. The summed E-state index contributed by atoms with van der Waals surface area (Å²) in [6, 6.07) is 5.48. The molecule has 1 atom stereocenters. The first kappa shape index (κ1) is 14.3. The maximum absolute atomic E-state index is 11.9. The van der Waals surface area contributed by atoms with E-state index < -0.39 is 0 Å². The predicted molar refractivity (Wildman–Crippen MR) is 78.7 cm³/mol. The summed E-state index contributed by atoms with van der Waals surface area (Å²) >= 11 is 5.93. The molecule has 0 aromatic heterocycles. The molecule has 1 saturated heterocycles. The van der Waals surface area contributed by atoms with Crippen LogP contribution in [0.1, 0.15) is 18.9 Å². The highest BCUT2D eigenvalue weighted by molar-refractivity contribution is 6.31. The number of rotatable bonds is 4. The Bertz CT molecular complexity index is 470. The van der Waals surface area contributed by atoms with Gasteiger partial charge in [-0.15, -0.1) is 0 Å². The molecule has 5 heteroatoms. The number of halogens is 1. The minimum atomic E-state index is -0.0431. The first-order valence-electron chi connectivity index (χ1n) is 6.50. The van der Waals surface area contributed by atoms with E-state index in [-0.39, 0.29) is 11.4 Å². The van der Waals surface area contributed by atoms with Crippen LogP contribution in [0.25, 0.3) is 0 Å². The maximum atomic E-state index is 11.9. The average Bonchev–Trinajstić information content (AvgIpc) is 2.79. The van der Waals surface area contributed by atoms with Gasteiger partial charge >= 0.3 is 0 Å². The summed E-state index contributed by atoms with van der Waals surface area (Å²) < 4.78 is 0. The Balaban J connectivity index is 1.89. The van der Waals surface area contributed by atoms with E-state index in [1.165, 1.54) is 0 Å². The van der Waals surface area contributed by atoms with Crippen LogP contribution in [0.2, 0.25) is 5.02 Å². The van der Waals surface area contributed by atoms with E-state index in [1.54, 1.807) is 6.07 Å². The lowest BCUT2D eigenvalue weighted by Gasteiger charge is -2.24. The predicted octanol–water partition coefficient (Wildman–Crippen LogP) is 1.93. The molecule has 1 heterocycles. The molecule has 3 N–H and O–H groups in total. The molecule has 1 aromatic carbocycles. The minimum Gasteiger partial charge on any atom is -0.325 e. The second-order valence-electron chi connectivity index (χ2n) is 5.35. The molecule has 19 heavy (non-hydrogen) atoms. The van der Waals surface area contributed by atoms with Gasteiger partial charge in [0.1, 0.15) is 0 Å². The number of hydrogen-bond acceptors (Lipinski definition) is 3. The van der Waals surface area contributed by atoms with E-state index in [0.717, 1.165) is 30.8 Å². The van der Waals surface area contributed by atoms with E-state index in [2.05, 4.69) is 22.9 Å². The standard InChI is InChI=1S/C14H20ClN3O/c1-10-3-4-11(15)7-12(10)18-13(19)8-17-14(2)5-6-16-9-14/h3-4,7,16-17H,5-6,8-9H2,1-2H3,(H,18,19). The quantitative estimate of drug-likeness (QED) is 0.790. The smallest absolute Gasteiger partial charge is 0.238 e. The number of hydrogen-bond donors (Lipinski definition) is 3. The second kappa shape index (κ2) is 5.90. The molecule has 1 aliphatic heterocycles. The number of carbonyl (C=O) groups excluding carboxylic acids is 1. The van der Waals surface area contributed by atoms with Crippen LogP contribution in [-0.2, 0) is 4.79 Å². The summed E-state index contributed by atoms with van der Waals surface area (Å²) in [6.07, 6.45) is 1.04. The van der Waals surface area contributed by atoms with Crippen LogP contribution in [0.15, 0.2) is 18.2 Å². The molecule has 1 amide bonds. The highest BCUT2D eigenvalue weighted by Crippen LogP contribution is 2.20. The maximum Gasteiger partial charge on any atom is 0.238 e. The lowest BCUT2D eigenvalue weighted by atomic mass is 10.0. The largest absolute Gasteiger partial charge is 0.325 e. The van der Waals surface area contributed by atoms with E-state index in [0.29, 0.717) is 11.6 Å². The van der Waals surface area contributed by atoms with Crippen LogP contribution < -0.4 is 16.0 Å². The molecule has 0 spiro atoms. The summed E-state index contributed by atoms with van der Waals surface area (Å²) in [5.41, 5.74) is 1.79. The molecule has 4 nitrogen and oxygen atoms in total. The third-order valence-electron chi connectivity index (χ3n) is 3.52. The van der Waals surface area contributed by atoms with E-state index in [9.17, 15) is 4.79 Å². The van der Waals surface area contributed by atoms with Gasteiger partial charge in [0.05, 0.1) is 6.54 Å². The third kappa shape index (κ3) is 3.93. The van der Waals surface area contributed by atoms with Crippen molar-refractivity contribution in [3.8, 4) is 0 Å². The molecule has 2 rings (SSSR count). The van der Waals surface area contributed by atoms with Gasteiger partial charge in [0.15, 0.2) is 0 Å². The van der Waals surface area contributed by atoms with Gasteiger partial charge in [0.2, 0.25) is 5.91 Å². The van der Waals surface area contributed by atoms with Crippen molar-refractivity contribution in [2.24, 2.45) is 0 Å². The Labute approximate surface area is 118 Å². The van der Waals surface area contributed by atoms with Crippen molar-refractivity contribution in [2.45, 2.75) is 25.8 Å². The lowest BCUT2D eigenvalue weighted by Crippen LogP contribution is -2.47. The van der Waals surface area contributed by atoms with Crippen molar-refractivity contribution >= 4 is 23.2 Å². The molecule has 0 saturated carbocycles. The van der Waals surface area contributed by atoms with Gasteiger partial charge in [0.25, 0.3) is 0 Å². The Morgan fingerprint density at radius 2 is 2.32 bits per heavy atom. The number of aryl methyl sites for hydroxylation is 1. The van der Waals surface area contributed by atoms with E-state index >= 15 is 0 Å². The normalized spacial score (nSPS) is 22.5. The number of anilines is 1. The SMILES string of the molecule is Cc1ccc(Cl)cc1NC(=O)CNC1(C)CCNC1. The van der Waals surface area contributed by atoms with Crippen molar-refractivity contribution < 1.29 is 4.79 Å². The minimum absolute atomic E-state index is 0.0146. The molecule has 1 aliphatic rings. The first-order valence-corrected chi connectivity index (χ1v) is 6.88. The van der Waals surface area contributed by atoms with Gasteiger partial charge in [-0.2, -0.15) is 0 Å². The number of carbonyl (C=O) groups is 1. The molecule has 0 radical (unpaired) electrons. The van der Waals surface area contributed by atoms with Crippen LogP contribution >= 0.6 is 11.6 Å². The van der Waals surface area contributed by atoms with Gasteiger partial charge in [0, 0.05) is 22.8 Å². The van der Waals surface area contributed by atoms with Crippen molar-refractivity contribution in [1.29, 1.82) is 0 Å². The van der Waals surface area contributed by atoms with Crippen molar-refractivity contribution in [2.75, 3.05) is 25.0 Å².